The van der Waals surface area contributed by atoms with E-state index in [0.29, 0.717) is 9.50 Å². The van der Waals surface area contributed by atoms with Crippen molar-refractivity contribution in [1.29, 1.82) is 0 Å². The average molecular weight is 372 g/mol. The normalized spacial score (nSPS) is 10.0. The molecule has 0 saturated carbocycles. The summed E-state index contributed by atoms with van der Waals surface area (Å²) in [6.07, 6.45) is 0. The molecule has 0 fully saturated rings. The highest BCUT2D eigenvalue weighted by Gasteiger charge is 2.13. The molecule has 0 aliphatic rings. The largest absolute Gasteiger partial charge is 0.272 e. The van der Waals surface area contributed by atoms with Gasteiger partial charge in [0, 0.05) is 15.1 Å². The van der Waals surface area contributed by atoms with Crippen LogP contribution in [0.1, 0.15) is 20.7 Å². The minimum Gasteiger partial charge on any atom is -0.267 e. The summed E-state index contributed by atoms with van der Waals surface area (Å²) in [5.41, 5.74) is 4.43. The Kier molecular flexibility index (Phi) is 4.93. The number of hydrogen-bond donors (Lipinski definition) is 2. The molecule has 0 radical (unpaired) electrons. The molecule has 0 heterocycles. The van der Waals surface area contributed by atoms with Crippen LogP contribution in [0.2, 0.25) is 5.02 Å². The van der Waals surface area contributed by atoms with Crippen LogP contribution in [0.3, 0.4) is 0 Å². The molecule has 108 valence electrons. The molecule has 4 nitrogen and oxygen atoms in total. The molecule has 0 saturated heterocycles. The van der Waals surface area contributed by atoms with Gasteiger partial charge in [0.2, 0.25) is 0 Å². The first kappa shape index (κ1) is 15.5. The van der Waals surface area contributed by atoms with Crippen molar-refractivity contribution >= 4 is 39.3 Å². The highest BCUT2D eigenvalue weighted by Crippen LogP contribution is 2.15. The van der Waals surface area contributed by atoms with Crippen LogP contribution in [0.5, 0.6) is 0 Å². The van der Waals surface area contributed by atoms with Gasteiger partial charge < -0.3 is 0 Å². The number of carbonyl (C=O) groups is 2. The number of amides is 2. The average Bonchev–Trinajstić information content (AvgIpc) is 2.44. The summed E-state index contributed by atoms with van der Waals surface area (Å²) in [5.74, 6) is -2.00. The molecule has 2 amide bonds. The van der Waals surface area contributed by atoms with Gasteiger partial charge in [-0.2, -0.15) is 0 Å². The van der Waals surface area contributed by atoms with Gasteiger partial charge in [0.1, 0.15) is 5.82 Å². The second-order valence-corrected chi connectivity index (χ2v) is 5.39. The summed E-state index contributed by atoms with van der Waals surface area (Å²) in [4.78, 5) is 23.6. The van der Waals surface area contributed by atoms with Crippen LogP contribution >= 0.6 is 27.5 Å². The summed E-state index contributed by atoms with van der Waals surface area (Å²) in [6.45, 7) is 0. The number of hydrazine groups is 1. The minimum atomic E-state index is -0.754. The van der Waals surface area contributed by atoms with E-state index in [0.717, 1.165) is 6.07 Å². The fraction of sp³-hybridized carbons (Fsp3) is 0. The Hall–Kier alpha value is -1.92. The van der Waals surface area contributed by atoms with Crippen molar-refractivity contribution in [3.8, 4) is 0 Å². The Morgan fingerprint density at radius 2 is 1.76 bits per heavy atom. The van der Waals surface area contributed by atoms with Crippen LogP contribution in [-0.4, -0.2) is 11.8 Å². The van der Waals surface area contributed by atoms with E-state index in [9.17, 15) is 14.0 Å². The van der Waals surface area contributed by atoms with Crippen LogP contribution in [0.4, 0.5) is 4.39 Å². The molecule has 0 aliphatic carbocycles. The molecule has 21 heavy (non-hydrogen) atoms. The lowest BCUT2D eigenvalue weighted by Gasteiger charge is -2.08. The number of carbonyl (C=O) groups excluding carboxylic acids is 2. The van der Waals surface area contributed by atoms with Crippen molar-refractivity contribution in [2.75, 3.05) is 0 Å². The molecule has 0 spiro atoms. The van der Waals surface area contributed by atoms with Gasteiger partial charge in [-0.25, -0.2) is 4.39 Å². The van der Waals surface area contributed by atoms with Crippen molar-refractivity contribution in [3.05, 3.63) is 68.9 Å². The van der Waals surface area contributed by atoms with Crippen LogP contribution in [0.25, 0.3) is 0 Å². The summed E-state index contributed by atoms with van der Waals surface area (Å²) >= 11 is 8.85. The van der Waals surface area contributed by atoms with Crippen LogP contribution < -0.4 is 10.9 Å². The zero-order valence-corrected chi connectivity index (χ0v) is 12.8. The zero-order valence-electron chi connectivity index (χ0n) is 10.5. The quantitative estimate of drug-likeness (QED) is 0.796. The van der Waals surface area contributed by atoms with Gasteiger partial charge in [-0.1, -0.05) is 33.6 Å². The number of hydrogen-bond acceptors (Lipinski definition) is 2. The zero-order chi connectivity index (χ0) is 15.4. The van der Waals surface area contributed by atoms with Crippen molar-refractivity contribution in [3.63, 3.8) is 0 Å². The van der Waals surface area contributed by atoms with E-state index in [1.54, 1.807) is 12.1 Å². The van der Waals surface area contributed by atoms with Gasteiger partial charge in [0.15, 0.2) is 0 Å². The van der Waals surface area contributed by atoms with E-state index in [1.807, 2.05) is 0 Å². The molecule has 0 unspecified atom stereocenters. The highest BCUT2D eigenvalue weighted by molar-refractivity contribution is 9.10. The molecule has 0 atom stereocenters. The Balaban J connectivity index is 2.02. The molecular weight excluding hydrogens is 363 g/mol. The summed E-state index contributed by atoms with van der Waals surface area (Å²) in [6, 6.07) is 10.2. The third kappa shape index (κ3) is 4.03. The fourth-order valence-corrected chi connectivity index (χ4v) is 2.08. The first-order valence-corrected chi connectivity index (χ1v) is 6.96. The molecule has 2 N–H and O–H groups in total. The molecular formula is C14H9BrClFN2O2. The Labute approximate surface area is 133 Å². The first-order chi connectivity index (χ1) is 9.97. The fourth-order valence-electron chi connectivity index (χ4n) is 1.56. The molecule has 0 aliphatic heterocycles. The van der Waals surface area contributed by atoms with E-state index in [2.05, 4.69) is 26.8 Å². The molecule has 2 aromatic rings. The first-order valence-electron chi connectivity index (χ1n) is 5.78. The number of benzene rings is 2. The predicted molar refractivity (Wildman–Crippen MR) is 80.5 cm³/mol. The molecule has 2 rings (SSSR count). The van der Waals surface area contributed by atoms with E-state index >= 15 is 0 Å². The number of rotatable bonds is 2. The van der Waals surface area contributed by atoms with Crippen molar-refractivity contribution in [2.24, 2.45) is 0 Å². The topological polar surface area (TPSA) is 58.2 Å². The number of nitrogens with one attached hydrogen (secondary N) is 2. The second kappa shape index (κ2) is 6.69. The molecule has 2 aromatic carbocycles. The standard InChI is InChI=1S/C14H9BrClFN2O2/c15-9-4-5-11(12(17)7-9)14(21)19-18-13(20)8-2-1-3-10(16)6-8/h1-7H,(H,18,20)(H,19,21). The van der Waals surface area contributed by atoms with Crippen LogP contribution in [0.15, 0.2) is 46.9 Å². The Bertz CT molecular complexity index is 709. The van der Waals surface area contributed by atoms with Gasteiger partial charge in [0.25, 0.3) is 11.8 Å². The summed E-state index contributed by atoms with van der Waals surface area (Å²) < 4.78 is 14.1. The maximum Gasteiger partial charge on any atom is 0.272 e. The Morgan fingerprint density at radius 3 is 2.43 bits per heavy atom. The lowest BCUT2D eigenvalue weighted by atomic mass is 10.2. The Morgan fingerprint density at radius 1 is 1.05 bits per heavy atom. The van der Waals surface area contributed by atoms with Gasteiger partial charge >= 0.3 is 0 Å². The van der Waals surface area contributed by atoms with Crippen LogP contribution in [-0.2, 0) is 0 Å². The third-order valence-corrected chi connectivity index (χ3v) is 3.28. The maximum absolute atomic E-state index is 13.6. The van der Waals surface area contributed by atoms with E-state index in [1.165, 1.54) is 24.3 Å². The molecule has 0 aromatic heterocycles. The summed E-state index contributed by atoms with van der Waals surface area (Å²) in [5, 5.41) is 0.396. The lowest BCUT2D eigenvalue weighted by molar-refractivity contribution is 0.0844. The van der Waals surface area contributed by atoms with Crippen molar-refractivity contribution in [2.45, 2.75) is 0 Å². The smallest absolute Gasteiger partial charge is 0.267 e. The van der Waals surface area contributed by atoms with E-state index in [-0.39, 0.29) is 11.1 Å². The molecule has 0 bridgehead atoms. The van der Waals surface area contributed by atoms with Crippen molar-refractivity contribution in [1.82, 2.24) is 10.9 Å². The lowest BCUT2D eigenvalue weighted by Crippen LogP contribution is -2.41. The van der Waals surface area contributed by atoms with Gasteiger partial charge in [-0.15, -0.1) is 0 Å². The third-order valence-electron chi connectivity index (χ3n) is 2.55. The van der Waals surface area contributed by atoms with E-state index < -0.39 is 17.6 Å². The molecule has 7 heteroatoms. The second-order valence-electron chi connectivity index (χ2n) is 4.04. The highest BCUT2D eigenvalue weighted by atomic mass is 79.9. The maximum atomic E-state index is 13.6. The van der Waals surface area contributed by atoms with Gasteiger partial charge in [-0.05, 0) is 36.4 Å². The van der Waals surface area contributed by atoms with E-state index in [4.69, 9.17) is 11.6 Å². The number of halogens is 3. The SMILES string of the molecule is O=C(NNC(=O)c1ccc(Br)cc1F)c1cccc(Cl)c1. The van der Waals surface area contributed by atoms with Crippen molar-refractivity contribution < 1.29 is 14.0 Å². The predicted octanol–water partition coefficient (Wildman–Crippen LogP) is 3.32. The van der Waals surface area contributed by atoms with Gasteiger partial charge in [-0.3, -0.25) is 20.4 Å². The van der Waals surface area contributed by atoms with Gasteiger partial charge in [0.05, 0.1) is 5.56 Å². The summed E-state index contributed by atoms with van der Waals surface area (Å²) in [7, 11) is 0. The van der Waals surface area contributed by atoms with Crippen LogP contribution in [0, 0.1) is 5.82 Å². The monoisotopic (exact) mass is 370 g/mol. The minimum absolute atomic E-state index is 0.176.